The summed E-state index contributed by atoms with van der Waals surface area (Å²) in [4.78, 5) is 13.1. The number of nitrogens with zero attached hydrogens (tertiary/aromatic N) is 1. The number of benzene rings is 1. The zero-order valence-corrected chi connectivity index (χ0v) is 16.8. The maximum Gasteiger partial charge on any atom is 0.256 e. The van der Waals surface area contributed by atoms with E-state index in [4.69, 9.17) is 9.47 Å². The average Bonchev–Trinajstić information content (AvgIpc) is 2.67. The van der Waals surface area contributed by atoms with Gasteiger partial charge in [0.1, 0.15) is 17.4 Å². The number of hydrogen-bond donors (Lipinski definition) is 1. The SMILES string of the molecule is CCCCOc1ccc(NC(=O)[C@@]2(OCCC)CCC[C@H](C)C2)c(C#N)c1. The summed E-state index contributed by atoms with van der Waals surface area (Å²) in [5.74, 6) is 0.964. The van der Waals surface area contributed by atoms with Crippen molar-refractivity contribution in [2.75, 3.05) is 18.5 Å². The molecule has 1 aliphatic carbocycles. The Hall–Kier alpha value is -2.06. The lowest BCUT2D eigenvalue weighted by atomic mass is 9.78. The molecular formula is C22H32N2O3. The lowest BCUT2D eigenvalue weighted by molar-refractivity contribution is -0.148. The number of carbonyl (C=O) groups is 1. The predicted octanol–water partition coefficient (Wildman–Crippen LogP) is 5.05. The van der Waals surface area contributed by atoms with Crippen molar-refractivity contribution in [3.8, 4) is 11.8 Å². The van der Waals surface area contributed by atoms with Crippen molar-refractivity contribution in [2.24, 2.45) is 5.92 Å². The molecule has 0 bridgehead atoms. The van der Waals surface area contributed by atoms with Gasteiger partial charge in [0, 0.05) is 6.61 Å². The molecule has 0 radical (unpaired) electrons. The van der Waals surface area contributed by atoms with Crippen molar-refractivity contribution < 1.29 is 14.3 Å². The van der Waals surface area contributed by atoms with Crippen molar-refractivity contribution in [1.29, 1.82) is 5.26 Å². The first-order valence-electron chi connectivity index (χ1n) is 10.2. The van der Waals surface area contributed by atoms with Crippen LogP contribution in [0.4, 0.5) is 5.69 Å². The van der Waals surface area contributed by atoms with E-state index < -0.39 is 5.60 Å². The molecule has 0 heterocycles. The molecule has 5 heteroatoms. The van der Waals surface area contributed by atoms with Crippen LogP contribution in [-0.2, 0) is 9.53 Å². The Bertz CT molecular complexity index is 668. The van der Waals surface area contributed by atoms with Gasteiger partial charge in [-0.2, -0.15) is 5.26 Å². The van der Waals surface area contributed by atoms with Crippen LogP contribution in [0.5, 0.6) is 5.75 Å². The smallest absolute Gasteiger partial charge is 0.256 e. The number of anilines is 1. The fourth-order valence-corrected chi connectivity index (χ4v) is 3.59. The van der Waals surface area contributed by atoms with Crippen LogP contribution in [0, 0.1) is 17.2 Å². The topological polar surface area (TPSA) is 71.3 Å². The van der Waals surface area contributed by atoms with Crippen LogP contribution in [0.1, 0.15) is 71.3 Å². The van der Waals surface area contributed by atoms with Crippen LogP contribution in [0.25, 0.3) is 0 Å². The van der Waals surface area contributed by atoms with E-state index >= 15 is 0 Å². The van der Waals surface area contributed by atoms with E-state index in [-0.39, 0.29) is 5.91 Å². The summed E-state index contributed by atoms with van der Waals surface area (Å²) in [5.41, 5.74) is 0.131. The Morgan fingerprint density at radius 1 is 1.33 bits per heavy atom. The van der Waals surface area contributed by atoms with E-state index in [1.165, 1.54) is 0 Å². The number of amides is 1. The Balaban J connectivity index is 2.15. The molecule has 0 spiro atoms. The zero-order valence-electron chi connectivity index (χ0n) is 16.8. The average molecular weight is 373 g/mol. The molecular weight excluding hydrogens is 340 g/mol. The molecule has 27 heavy (non-hydrogen) atoms. The molecule has 1 N–H and O–H groups in total. The highest BCUT2D eigenvalue weighted by Gasteiger charge is 2.42. The number of rotatable bonds is 9. The second-order valence-electron chi connectivity index (χ2n) is 7.52. The van der Waals surface area contributed by atoms with Crippen LogP contribution in [-0.4, -0.2) is 24.7 Å². The molecule has 0 aliphatic heterocycles. The van der Waals surface area contributed by atoms with E-state index in [0.717, 1.165) is 44.9 Å². The Labute approximate surface area is 163 Å². The lowest BCUT2D eigenvalue weighted by Gasteiger charge is -2.38. The van der Waals surface area contributed by atoms with E-state index in [1.807, 2.05) is 6.92 Å². The second-order valence-corrected chi connectivity index (χ2v) is 7.52. The Kier molecular flexibility index (Phi) is 8.12. The van der Waals surface area contributed by atoms with Crippen LogP contribution in [0.3, 0.4) is 0 Å². The minimum atomic E-state index is -0.795. The number of ether oxygens (including phenoxy) is 2. The van der Waals surface area contributed by atoms with Crippen molar-refractivity contribution >= 4 is 11.6 Å². The molecule has 2 rings (SSSR count). The van der Waals surface area contributed by atoms with Crippen molar-refractivity contribution in [3.63, 3.8) is 0 Å². The van der Waals surface area contributed by atoms with E-state index in [9.17, 15) is 10.1 Å². The van der Waals surface area contributed by atoms with Crippen molar-refractivity contribution in [1.82, 2.24) is 0 Å². The molecule has 148 valence electrons. The first-order valence-corrected chi connectivity index (χ1v) is 10.2. The highest BCUT2D eigenvalue weighted by molar-refractivity contribution is 5.98. The third-order valence-electron chi connectivity index (χ3n) is 5.08. The number of nitrogens with one attached hydrogen (secondary N) is 1. The third-order valence-corrected chi connectivity index (χ3v) is 5.08. The Morgan fingerprint density at radius 2 is 2.15 bits per heavy atom. The van der Waals surface area contributed by atoms with Gasteiger partial charge < -0.3 is 14.8 Å². The summed E-state index contributed by atoms with van der Waals surface area (Å²) in [7, 11) is 0. The molecule has 1 saturated carbocycles. The van der Waals surface area contributed by atoms with Crippen molar-refractivity contribution in [3.05, 3.63) is 23.8 Å². The molecule has 1 fully saturated rings. The highest BCUT2D eigenvalue weighted by atomic mass is 16.5. The zero-order chi connectivity index (χ0) is 19.7. The van der Waals surface area contributed by atoms with Gasteiger partial charge in [0.15, 0.2) is 0 Å². The number of unbranched alkanes of at least 4 members (excludes halogenated alkanes) is 1. The molecule has 1 aliphatic rings. The maximum absolute atomic E-state index is 13.1. The summed E-state index contributed by atoms with van der Waals surface area (Å²) in [6.07, 6.45) is 6.44. The highest BCUT2D eigenvalue weighted by Crippen LogP contribution is 2.37. The van der Waals surface area contributed by atoms with E-state index in [2.05, 4.69) is 25.2 Å². The van der Waals surface area contributed by atoms with Gasteiger partial charge in [0.05, 0.1) is 17.9 Å². The number of hydrogen-bond acceptors (Lipinski definition) is 4. The summed E-state index contributed by atoms with van der Waals surface area (Å²) in [6, 6.07) is 7.40. The summed E-state index contributed by atoms with van der Waals surface area (Å²) in [6.45, 7) is 7.50. The summed E-state index contributed by atoms with van der Waals surface area (Å²) < 4.78 is 11.7. The molecule has 1 aromatic rings. The normalized spacial score (nSPS) is 22.1. The van der Waals surface area contributed by atoms with Gasteiger partial charge >= 0.3 is 0 Å². The number of nitriles is 1. The fourth-order valence-electron chi connectivity index (χ4n) is 3.59. The second kappa shape index (κ2) is 10.3. The predicted molar refractivity (Wildman–Crippen MR) is 107 cm³/mol. The van der Waals surface area contributed by atoms with E-state index in [1.54, 1.807) is 18.2 Å². The Morgan fingerprint density at radius 3 is 2.81 bits per heavy atom. The third kappa shape index (κ3) is 5.71. The largest absolute Gasteiger partial charge is 0.494 e. The van der Waals surface area contributed by atoms with Gasteiger partial charge in [-0.15, -0.1) is 0 Å². The molecule has 0 saturated heterocycles. The fraction of sp³-hybridized carbons (Fsp3) is 0.636. The lowest BCUT2D eigenvalue weighted by Crippen LogP contribution is -2.48. The standard InChI is InChI=1S/C22H32N2O3/c1-4-6-13-26-19-9-10-20(18(14-19)16-23)24-21(25)22(27-12-5-2)11-7-8-17(3)15-22/h9-10,14,17H,4-8,11-13,15H2,1-3H3,(H,24,25)/t17-,22+/m0/s1. The van der Waals surface area contributed by atoms with Crippen LogP contribution < -0.4 is 10.1 Å². The molecule has 0 aromatic heterocycles. The minimum Gasteiger partial charge on any atom is -0.494 e. The molecule has 5 nitrogen and oxygen atoms in total. The summed E-state index contributed by atoms with van der Waals surface area (Å²) >= 11 is 0. The molecule has 2 atom stereocenters. The van der Waals surface area contributed by atoms with Crippen LogP contribution >= 0.6 is 0 Å². The van der Waals surface area contributed by atoms with Crippen LogP contribution in [0.2, 0.25) is 0 Å². The van der Waals surface area contributed by atoms with Gasteiger partial charge in [-0.3, -0.25) is 4.79 Å². The minimum absolute atomic E-state index is 0.140. The van der Waals surface area contributed by atoms with Gasteiger partial charge in [-0.05, 0) is 56.2 Å². The molecule has 1 aromatic carbocycles. The maximum atomic E-state index is 13.1. The van der Waals surface area contributed by atoms with Gasteiger partial charge in [0.25, 0.3) is 5.91 Å². The summed E-state index contributed by atoms with van der Waals surface area (Å²) in [5, 5.41) is 12.5. The number of carbonyl (C=O) groups excluding carboxylic acids is 1. The first-order chi connectivity index (χ1) is 13.0. The van der Waals surface area contributed by atoms with Crippen molar-refractivity contribution in [2.45, 2.75) is 71.3 Å². The van der Waals surface area contributed by atoms with Gasteiger partial charge in [-0.25, -0.2) is 0 Å². The van der Waals surface area contributed by atoms with Gasteiger partial charge in [-0.1, -0.05) is 33.6 Å². The quantitative estimate of drug-likeness (QED) is 0.616. The first kappa shape index (κ1) is 21.2. The molecule has 1 amide bonds. The van der Waals surface area contributed by atoms with Gasteiger partial charge in [0.2, 0.25) is 0 Å². The van der Waals surface area contributed by atoms with Crippen LogP contribution in [0.15, 0.2) is 18.2 Å². The monoisotopic (exact) mass is 372 g/mol. The molecule has 0 unspecified atom stereocenters. The van der Waals surface area contributed by atoms with E-state index in [0.29, 0.717) is 36.1 Å².